The Bertz CT molecular complexity index is 1050. The molecule has 2 aromatic rings. The Kier molecular flexibility index (Phi) is 6.75. The number of ketones is 1. The van der Waals surface area contributed by atoms with Gasteiger partial charge in [0, 0.05) is 11.6 Å². The Balaban J connectivity index is 2.26. The minimum atomic E-state index is -0.802. The van der Waals surface area contributed by atoms with Gasteiger partial charge in [-0.25, -0.2) is 0 Å². The van der Waals surface area contributed by atoms with Crippen LogP contribution in [0.25, 0.3) is 5.76 Å². The lowest BCUT2D eigenvalue weighted by atomic mass is 9.94. The quantitative estimate of drug-likeness (QED) is 0.390. The molecule has 1 aliphatic heterocycles. The number of benzene rings is 2. The van der Waals surface area contributed by atoms with Crippen LogP contribution in [0.3, 0.4) is 0 Å². The summed E-state index contributed by atoms with van der Waals surface area (Å²) in [6.07, 6.45) is 0.636. The average Bonchev–Trinajstić information content (AvgIpc) is 3.03. The van der Waals surface area contributed by atoms with Gasteiger partial charge in [-0.1, -0.05) is 24.6 Å². The van der Waals surface area contributed by atoms with E-state index in [1.165, 1.54) is 32.3 Å². The molecule has 1 amide bonds. The molecule has 0 spiro atoms. The molecule has 1 unspecified atom stereocenters. The predicted molar refractivity (Wildman–Crippen MR) is 117 cm³/mol. The van der Waals surface area contributed by atoms with E-state index in [-0.39, 0.29) is 16.9 Å². The number of carbonyl (C=O) groups excluding carboxylic acids is 2. The van der Waals surface area contributed by atoms with Crippen molar-refractivity contribution in [3.05, 3.63) is 58.1 Å². The van der Waals surface area contributed by atoms with Gasteiger partial charge in [-0.3, -0.25) is 9.59 Å². The Morgan fingerprint density at radius 1 is 1.00 bits per heavy atom. The van der Waals surface area contributed by atoms with E-state index in [1.807, 2.05) is 6.92 Å². The van der Waals surface area contributed by atoms with Crippen LogP contribution in [0, 0.1) is 0 Å². The Morgan fingerprint density at radius 2 is 1.65 bits per heavy atom. The minimum Gasteiger partial charge on any atom is -0.507 e. The van der Waals surface area contributed by atoms with E-state index in [9.17, 15) is 14.7 Å². The number of hydrogen-bond donors (Lipinski definition) is 1. The van der Waals surface area contributed by atoms with Gasteiger partial charge < -0.3 is 24.2 Å². The number of hydrogen-bond acceptors (Lipinski definition) is 6. The van der Waals surface area contributed by atoms with Crippen molar-refractivity contribution in [1.82, 2.24) is 4.90 Å². The molecule has 1 atom stereocenters. The van der Waals surface area contributed by atoms with Crippen LogP contribution in [0.15, 0.2) is 42.0 Å². The van der Waals surface area contributed by atoms with Crippen molar-refractivity contribution in [2.24, 2.45) is 0 Å². The van der Waals surface area contributed by atoms with Crippen molar-refractivity contribution in [1.29, 1.82) is 0 Å². The zero-order valence-corrected chi connectivity index (χ0v) is 18.5. The molecular formula is C23H24ClNO6. The topological polar surface area (TPSA) is 85.3 Å². The number of amides is 1. The molecule has 0 radical (unpaired) electrons. The van der Waals surface area contributed by atoms with E-state index < -0.39 is 17.7 Å². The summed E-state index contributed by atoms with van der Waals surface area (Å²) in [7, 11) is 4.47. The van der Waals surface area contributed by atoms with Gasteiger partial charge in [0.05, 0.1) is 38.5 Å². The molecule has 8 heteroatoms. The van der Waals surface area contributed by atoms with Crippen molar-refractivity contribution < 1.29 is 28.9 Å². The summed E-state index contributed by atoms with van der Waals surface area (Å²) < 4.78 is 16.0. The monoisotopic (exact) mass is 445 g/mol. The first-order chi connectivity index (χ1) is 14.9. The molecule has 1 aliphatic rings. The Labute approximate surface area is 185 Å². The number of rotatable bonds is 7. The molecule has 1 saturated heterocycles. The smallest absolute Gasteiger partial charge is 0.295 e. The standard InChI is InChI=1S/C23H24ClNO6/c1-5-10-25-20(13-6-8-17(30-3)18(11-13)31-4)19(22(27)23(25)28)21(26)15-12-14(24)7-9-16(15)29-2/h6-9,11-12,20,26H,5,10H2,1-4H3/b21-19+. The maximum Gasteiger partial charge on any atom is 0.295 e. The molecule has 31 heavy (non-hydrogen) atoms. The van der Waals surface area contributed by atoms with Gasteiger partial charge in [-0.15, -0.1) is 0 Å². The summed E-state index contributed by atoms with van der Waals surface area (Å²) in [4.78, 5) is 27.3. The van der Waals surface area contributed by atoms with Gasteiger partial charge in [-0.05, 0) is 42.3 Å². The normalized spacial score (nSPS) is 17.7. The van der Waals surface area contributed by atoms with E-state index >= 15 is 0 Å². The van der Waals surface area contributed by atoms with Crippen molar-refractivity contribution in [2.45, 2.75) is 19.4 Å². The molecule has 3 rings (SSSR count). The summed E-state index contributed by atoms with van der Waals surface area (Å²) in [6, 6.07) is 9.02. The predicted octanol–water partition coefficient (Wildman–Crippen LogP) is 4.20. The molecule has 7 nitrogen and oxygen atoms in total. The van der Waals surface area contributed by atoms with Gasteiger partial charge in [-0.2, -0.15) is 0 Å². The fourth-order valence-electron chi connectivity index (χ4n) is 3.73. The maximum atomic E-state index is 13.0. The number of halogens is 1. The summed E-state index contributed by atoms with van der Waals surface area (Å²) in [5.41, 5.74) is 0.800. The van der Waals surface area contributed by atoms with Crippen LogP contribution in [0.4, 0.5) is 0 Å². The number of carbonyl (C=O) groups is 2. The van der Waals surface area contributed by atoms with Gasteiger partial charge >= 0.3 is 0 Å². The second-order valence-corrected chi connectivity index (χ2v) is 7.39. The fraction of sp³-hybridized carbons (Fsp3) is 0.304. The molecule has 0 aromatic heterocycles. The fourth-order valence-corrected chi connectivity index (χ4v) is 3.90. The molecule has 0 bridgehead atoms. The van der Waals surface area contributed by atoms with Crippen molar-refractivity contribution >= 4 is 29.1 Å². The number of ether oxygens (including phenoxy) is 3. The number of methoxy groups -OCH3 is 3. The number of nitrogens with zero attached hydrogens (tertiary/aromatic N) is 1. The molecule has 1 fully saturated rings. The summed E-state index contributed by atoms with van der Waals surface area (Å²) in [5.74, 6) is -0.514. The molecule has 0 saturated carbocycles. The van der Waals surface area contributed by atoms with Crippen LogP contribution < -0.4 is 14.2 Å². The maximum absolute atomic E-state index is 13.0. The zero-order valence-electron chi connectivity index (χ0n) is 17.8. The third kappa shape index (κ3) is 4.05. The molecule has 2 aromatic carbocycles. The average molecular weight is 446 g/mol. The largest absolute Gasteiger partial charge is 0.507 e. The van der Waals surface area contributed by atoms with Crippen LogP contribution in [0.2, 0.25) is 5.02 Å². The molecular weight excluding hydrogens is 422 g/mol. The van der Waals surface area contributed by atoms with Crippen LogP contribution in [0.5, 0.6) is 17.2 Å². The van der Waals surface area contributed by atoms with E-state index in [0.29, 0.717) is 40.8 Å². The highest BCUT2D eigenvalue weighted by atomic mass is 35.5. The Morgan fingerprint density at radius 3 is 2.26 bits per heavy atom. The lowest BCUT2D eigenvalue weighted by molar-refractivity contribution is -0.139. The lowest BCUT2D eigenvalue weighted by Gasteiger charge is -2.25. The third-order valence-corrected chi connectivity index (χ3v) is 5.38. The second kappa shape index (κ2) is 9.31. The number of aliphatic hydroxyl groups excluding tert-OH is 1. The highest BCUT2D eigenvalue weighted by Crippen LogP contribution is 2.43. The summed E-state index contributed by atoms with van der Waals surface area (Å²) in [6.45, 7) is 2.25. The number of aliphatic hydroxyl groups is 1. The SMILES string of the molecule is CCCN1C(=O)C(=O)/C(=C(/O)c2cc(Cl)ccc2OC)C1c1ccc(OC)c(OC)c1. The summed E-state index contributed by atoms with van der Waals surface area (Å²) in [5, 5.41) is 11.5. The minimum absolute atomic E-state index is 0.0359. The van der Waals surface area contributed by atoms with E-state index in [0.717, 1.165) is 0 Å². The zero-order chi connectivity index (χ0) is 22.7. The number of Topliss-reactive ketones (excluding diaryl/α,β-unsaturated/α-hetero) is 1. The highest BCUT2D eigenvalue weighted by molar-refractivity contribution is 6.46. The van der Waals surface area contributed by atoms with E-state index in [4.69, 9.17) is 25.8 Å². The highest BCUT2D eigenvalue weighted by Gasteiger charge is 2.46. The van der Waals surface area contributed by atoms with Crippen molar-refractivity contribution in [3.8, 4) is 17.2 Å². The van der Waals surface area contributed by atoms with Crippen LogP contribution >= 0.6 is 11.6 Å². The Hall–Kier alpha value is -3.19. The van der Waals surface area contributed by atoms with Gasteiger partial charge in [0.2, 0.25) is 0 Å². The van der Waals surface area contributed by atoms with Crippen LogP contribution in [-0.2, 0) is 9.59 Å². The van der Waals surface area contributed by atoms with Gasteiger partial charge in [0.15, 0.2) is 11.5 Å². The first-order valence-electron chi connectivity index (χ1n) is 9.72. The molecule has 164 valence electrons. The van der Waals surface area contributed by atoms with Crippen LogP contribution in [0.1, 0.15) is 30.5 Å². The lowest BCUT2D eigenvalue weighted by Crippen LogP contribution is -2.30. The van der Waals surface area contributed by atoms with Crippen LogP contribution in [-0.4, -0.2) is 49.6 Å². The molecule has 1 N–H and O–H groups in total. The third-order valence-electron chi connectivity index (χ3n) is 5.14. The second-order valence-electron chi connectivity index (χ2n) is 6.95. The first kappa shape index (κ1) is 22.5. The van der Waals surface area contributed by atoms with E-state index in [2.05, 4.69) is 0 Å². The van der Waals surface area contributed by atoms with E-state index in [1.54, 1.807) is 30.3 Å². The van der Waals surface area contributed by atoms with Gasteiger partial charge in [0.25, 0.3) is 11.7 Å². The molecule has 0 aliphatic carbocycles. The van der Waals surface area contributed by atoms with Crippen molar-refractivity contribution in [2.75, 3.05) is 27.9 Å². The number of likely N-dealkylation sites (tertiary alicyclic amines) is 1. The molecule has 1 heterocycles. The first-order valence-corrected chi connectivity index (χ1v) is 10.1. The van der Waals surface area contributed by atoms with Crippen molar-refractivity contribution in [3.63, 3.8) is 0 Å². The van der Waals surface area contributed by atoms with Gasteiger partial charge in [0.1, 0.15) is 11.5 Å². The summed E-state index contributed by atoms with van der Waals surface area (Å²) >= 11 is 6.11.